The number of Topliss-reactive ketones (excluding diaryl/α,β-unsaturated/α-hetero) is 1. The quantitative estimate of drug-likeness (QED) is 0.623. The van der Waals surface area contributed by atoms with Gasteiger partial charge in [0.15, 0.2) is 5.78 Å². The first-order valence-corrected chi connectivity index (χ1v) is 11.8. The summed E-state index contributed by atoms with van der Waals surface area (Å²) in [5.41, 5.74) is 0.996. The minimum atomic E-state index is -3.64. The Hall–Kier alpha value is -2.58. The molecule has 2 aromatic rings. The molecule has 1 aliphatic heterocycles. The third kappa shape index (κ3) is 5.37. The summed E-state index contributed by atoms with van der Waals surface area (Å²) in [5.74, 6) is 1.61. The van der Waals surface area contributed by atoms with Crippen molar-refractivity contribution in [3.05, 3.63) is 48.0 Å². The predicted octanol–water partition coefficient (Wildman–Crippen LogP) is 3.67. The van der Waals surface area contributed by atoms with Crippen LogP contribution in [0, 0.1) is 11.8 Å². The van der Waals surface area contributed by atoms with E-state index in [-0.39, 0.29) is 17.2 Å². The molecule has 0 spiro atoms. The molecular formula is C23H30N2O5S. The first-order chi connectivity index (χ1) is 14.7. The second-order valence-electron chi connectivity index (χ2n) is 8.14. The molecule has 1 N–H and O–H groups in total. The normalized spacial score (nSPS) is 19.6. The highest BCUT2D eigenvalue weighted by atomic mass is 32.2. The zero-order valence-electron chi connectivity index (χ0n) is 18.4. The monoisotopic (exact) mass is 446 g/mol. The van der Waals surface area contributed by atoms with E-state index in [0.29, 0.717) is 47.7 Å². The van der Waals surface area contributed by atoms with Crippen molar-refractivity contribution in [2.75, 3.05) is 39.2 Å². The van der Waals surface area contributed by atoms with Gasteiger partial charge in [-0.05, 0) is 42.5 Å². The van der Waals surface area contributed by atoms with Crippen LogP contribution in [-0.2, 0) is 10.0 Å². The maximum atomic E-state index is 13.1. The highest BCUT2D eigenvalue weighted by Crippen LogP contribution is 2.29. The Labute approximate surface area is 184 Å². The van der Waals surface area contributed by atoms with E-state index in [1.165, 1.54) is 10.4 Å². The molecule has 1 fully saturated rings. The van der Waals surface area contributed by atoms with Crippen LogP contribution in [0.1, 0.15) is 30.6 Å². The number of benzene rings is 2. The minimum absolute atomic E-state index is 0.00394. The molecule has 2 atom stereocenters. The predicted molar refractivity (Wildman–Crippen MR) is 121 cm³/mol. The van der Waals surface area contributed by atoms with Gasteiger partial charge in [0.2, 0.25) is 10.0 Å². The number of methoxy groups -OCH3 is 2. The fraction of sp³-hybridized carbons (Fsp3) is 0.435. The van der Waals surface area contributed by atoms with Gasteiger partial charge in [0.25, 0.3) is 0 Å². The van der Waals surface area contributed by atoms with Crippen molar-refractivity contribution in [1.82, 2.24) is 4.31 Å². The van der Waals surface area contributed by atoms with E-state index in [0.717, 1.165) is 6.42 Å². The number of nitrogens with zero attached hydrogens (tertiary/aromatic N) is 1. The van der Waals surface area contributed by atoms with Crippen LogP contribution >= 0.6 is 0 Å². The molecule has 1 saturated heterocycles. The Bertz CT molecular complexity index is 1030. The summed E-state index contributed by atoms with van der Waals surface area (Å²) in [5, 5.41) is 3.06. The average Bonchev–Trinajstić information content (AvgIpc) is 2.76. The van der Waals surface area contributed by atoms with E-state index in [1.807, 2.05) is 0 Å². The Morgan fingerprint density at radius 1 is 1.06 bits per heavy atom. The number of ether oxygens (including phenoxy) is 2. The van der Waals surface area contributed by atoms with Crippen LogP contribution in [0.4, 0.5) is 5.69 Å². The van der Waals surface area contributed by atoms with Crippen LogP contribution in [0.3, 0.4) is 0 Å². The van der Waals surface area contributed by atoms with Crippen LogP contribution in [0.5, 0.6) is 11.5 Å². The summed E-state index contributed by atoms with van der Waals surface area (Å²) in [6, 6.07) is 11.5. The highest BCUT2D eigenvalue weighted by Gasteiger charge is 2.31. The van der Waals surface area contributed by atoms with Gasteiger partial charge in [-0.2, -0.15) is 4.31 Å². The summed E-state index contributed by atoms with van der Waals surface area (Å²) in [4.78, 5) is 12.9. The Kier molecular flexibility index (Phi) is 7.23. The van der Waals surface area contributed by atoms with E-state index in [1.54, 1.807) is 50.6 Å². The van der Waals surface area contributed by atoms with Crippen molar-refractivity contribution in [1.29, 1.82) is 0 Å². The van der Waals surface area contributed by atoms with Gasteiger partial charge in [0.05, 0.1) is 31.3 Å². The molecule has 1 aliphatic rings. The Balaban J connectivity index is 1.75. The lowest BCUT2D eigenvalue weighted by Crippen LogP contribution is -2.42. The van der Waals surface area contributed by atoms with Crippen molar-refractivity contribution in [2.24, 2.45) is 11.8 Å². The summed E-state index contributed by atoms with van der Waals surface area (Å²) in [6.45, 7) is 5.14. The number of carbonyl (C=O) groups is 1. The molecular weight excluding hydrogens is 416 g/mol. The number of hydrogen-bond donors (Lipinski definition) is 1. The number of ketones is 1. The molecule has 0 bridgehead atoms. The van der Waals surface area contributed by atoms with E-state index < -0.39 is 10.0 Å². The van der Waals surface area contributed by atoms with Gasteiger partial charge in [-0.25, -0.2) is 8.42 Å². The number of anilines is 1. The van der Waals surface area contributed by atoms with Gasteiger partial charge in [0.1, 0.15) is 11.5 Å². The third-order valence-electron chi connectivity index (χ3n) is 5.48. The lowest BCUT2D eigenvalue weighted by atomic mass is 9.94. The Morgan fingerprint density at radius 3 is 2.42 bits per heavy atom. The molecule has 1 heterocycles. The molecule has 31 heavy (non-hydrogen) atoms. The van der Waals surface area contributed by atoms with E-state index in [2.05, 4.69) is 19.2 Å². The second-order valence-corrected chi connectivity index (χ2v) is 10.1. The standard InChI is InChI=1S/C23H30N2O5S/c1-16-10-17(2)15-25(14-16)31(27,28)20-7-5-6-18(11-20)22(26)13-24-21-9-8-19(29-3)12-23(21)30-4/h5-9,11-12,16-17,24H,10,13-15H2,1-4H3. The third-order valence-corrected chi connectivity index (χ3v) is 7.30. The van der Waals surface area contributed by atoms with Gasteiger partial charge in [0, 0.05) is 24.7 Å². The summed E-state index contributed by atoms with van der Waals surface area (Å²) in [7, 11) is -0.535. The minimum Gasteiger partial charge on any atom is -0.497 e. The number of rotatable bonds is 8. The van der Waals surface area contributed by atoms with Crippen molar-refractivity contribution in [3.63, 3.8) is 0 Å². The van der Waals surface area contributed by atoms with E-state index in [9.17, 15) is 13.2 Å². The lowest BCUT2D eigenvalue weighted by Gasteiger charge is -2.34. The van der Waals surface area contributed by atoms with Crippen molar-refractivity contribution in [3.8, 4) is 11.5 Å². The van der Waals surface area contributed by atoms with Crippen LogP contribution in [0.25, 0.3) is 0 Å². The first kappa shape index (κ1) is 23.1. The van der Waals surface area contributed by atoms with Gasteiger partial charge in [-0.3, -0.25) is 4.79 Å². The van der Waals surface area contributed by atoms with E-state index in [4.69, 9.17) is 9.47 Å². The van der Waals surface area contributed by atoms with Crippen LogP contribution in [0.15, 0.2) is 47.4 Å². The fourth-order valence-corrected chi connectivity index (χ4v) is 5.73. The molecule has 2 unspecified atom stereocenters. The topological polar surface area (TPSA) is 84.9 Å². The number of hydrogen-bond acceptors (Lipinski definition) is 6. The smallest absolute Gasteiger partial charge is 0.243 e. The molecule has 0 radical (unpaired) electrons. The summed E-state index contributed by atoms with van der Waals surface area (Å²) < 4.78 is 38.3. The van der Waals surface area contributed by atoms with Gasteiger partial charge >= 0.3 is 0 Å². The van der Waals surface area contributed by atoms with E-state index >= 15 is 0 Å². The molecule has 0 saturated carbocycles. The highest BCUT2D eigenvalue weighted by molar-refractivity contribution is 7.89. The Morgan fingerprint density at radius 2 is 1.77 bits per heavy atom. The second kappa shape index (κ2) is 9.70. The molecule has 0 amide bonds. The largest absolute Gasteiger partial charge is 0.497 e. The molecule has 8 heteroatoms. The lowest BCUT2D eigenvalue weighted by molar-refractivity contribution is 0.101. The fourth-order valence-electron chi connectivity index (χ4n) is 4.00. The number of nitrogens with one attached hydrogen (secondary N) is 1. The summed E-state index contributed by atoms with van der Waals surface area (Å²) >= 11 is 0. The zero-order chi connectivity index (χ0) is 22.6. The zero-order valence-corrected chi connectivity index (χ0v) is 19.2. The van der Waals surface area contributed by atoms with Gasteiger partial charge in [-0.15, -0.1) is 0 Å². The molecule has 0 aliphatic carbocycles. The number of carbonyl (C=O) groups excluding carboxylic acids is 1. The van der Waals surface area contributed by atoms with Crippen molar-refractivity contribution in [2.45, 2.75) is 25.2 Å². The first-order valence-electron chi connectivity index (χ1n) is 10.3. The van der Waals surface area contributed by atoms with Crippen LogP contribution < -0.4 is 14.8 Å². The SMILES string of the molecule is COc1ccc(NCC(=O)c2cccc(S(=O)(=O)N3CC(C)CC(C)C3)c2)c(OC)c1. The molecule has 0 aromatic heterocycles. The van der Waals surface area contributed by atoms with Crippen LogP contribution in [-0.4, -0.2) is 52.4 Å². The average molecular weight is 447 g/mol. The molecule has 168 valence electrons. The summed E-state index contributed by atoms with van der Waals surface area (Å²) in [6.07, 6.45) is 1.02. The molecule has 2 aromatic carbocycles. The molecule has 7 nitrogen and oxygen atoms in total. The van der Waals surface area contributed by atoms with Crippen LogP contribution in [0.2, 0.25) is 0 Å². The molecule has 3 rings (SSSR count). The number of sulfonamides is 1. The maximum Gasteiger partial charge on any atom is 0.243 e. The van der Waals surface area contributed by atoms with Crippen molar-refractivity contribution >= 4 is 21.5 Å². The maximum absolute atomic E-state index is 13.1. The van der Waals surface area contributed by atoms with Gasteiger partial charge in [-0.1, -0.05) is 26.0 Å². The van der Waals surface area contributed by atoms with Gasteiger partial charge < -0.3 is 14.8 Å². The number of piperidine rings is 1. The van der Waals surface area contributed by atoms with Crippen molar-refractivity contribution < 1.29 is 22.7 Å².